The zero-order chi connectivity index (χ0) is 16.9. The molecule has 1 fully saturated rings. The number of likely N-dealkylation sites (tertiary alicyclic amines) is 1. The second-order valence-corrected chi connectivity index (χ2v) is 7.15. The van der Waals surface area contributed by atoms with Crippen LogP contribution >= 0.6 is 11.8 Å². The lowest BCUT2D eigenvalue weighted by atomic mass is 10.2. The van der Waals surface area contributed by atoms with E-state index in [1.54, 1.807) is 4.68 Å². The van der Waals surface area contributed by atoms with Gasteiger partial charge in [0.15, 0.2) is 5.82 Å². The topological polar surface area (TPSA) is 63.9 Å². The van der Waals surface area contributed by atoms with Gasteiger partial charge in [-0.25, -0.2) is 4.68 Å². The standard InChI is InChI=1S/C17H23N5OS/c1-13-11-14(2)22(20-13)15-7-8-16(19-18-15)24-12-17(23)21-9-5-3-4-6-10-21/h7-8,11H,3-6,9-10,12H2,1-2H3. The Bertz CT molecular complexity index is 690. The number of thioether (sulfide) groups is 1. The van der Waals surface area contributed by atoms with Crippen LogP contribution in [0.15, 0.2) is 23.2 Å². The van der Waals surface area contributed by atoms with Gasteiger partial charge in [-0.2, -0.15) is 5.10 Å². The Hall–Kier alpha value is -1.89. The molecule has 1 aliphatic heterocycles. The molecule has 0 N–H and O–H groups in total. The first-order valence-electron chi connectivity index (χ1n) is 8.41. The predicted octanol–water partition coefficient (Wildman–Crippen LogP) is 2.77. The Morgan fingerprint density at radius 3 is 2.46 bits per heavy atom. The maximum absolute atomic E-state index is 12.3. The fourth-order valence-electron chi connectivity index (χ4n) is 2.91. The zero-order valence-corrected chi connectivity index (χ0v) is 15.1. The van der Waals surface area contributed by atoms with E-state index in [-0.39, 0.29) is 5.91 Å². The lowest BCUT2D eigenvalue weighted by Gasteiger charge is -2.19. The van der Waals surface area contributed by atoms with Gasteiger partial charge in [-0.3, -0.25) is 4.79 Å². The summed E-state index contributed by atoms with van der Waals surface area (Å²) < 4.78 is 1.78. The van der Waals surface area contributed by atoms with Crippen LogP contribution in [0.1, 0.15) is 37.1 Å². The molecule has 1 saturated heterocycles. The normalized spacial score (nSPS) is 15.3. The lowest BCUT2D eigenvalue weighted by molar-refractivity contribution is -0.128. The molecule has 128 valence electrons. The van der Waals surface area contributed by atoms with Crippen LogP contribution in [-0.4, -0.2) is 49.6 Å². The van der Waals surface area contributed by atoms with Gasteiger partial charge in [0.1, 0.15) is 5.03 Å². The SMILES string of the molecule is Cc1cc(C)n(-c2ccc(SCC(=O)N3CCCCCC3)nn2)n1. The summed E-state index contributed by atoms with van der Waals surface area (Å²) in [5.41, 5.74) is 1.98. The fraction of sp³-hybridized carbons (Fsp3) is 0.529. The van der Waals surface area contributed by atoms with E-state index in [2.05, 4.69) is 15.3 Å². The molecule has 2 aromatic heterocycles. The summed E-state index contributed by atoms with van der Waals surface area (Å²) in [6.07, 6.45) is 4.70. The summed E-state index contributed by atoms with van der Waals surface area (Å²) in [4.78, 5) is 14.3. The van der Waals surface area contributed by atoms with E-state index < -0.39 is 0 Å². The van der Waals surface area contributed by atoms with Crippen molar-refractivity contribution in [3.8, 4) is 5.82 Å². The number of hydrogen-bond acceptors (Lipinski definition) is 5. The Morgan fingerprint density at radius 2 is 1.88 bits per heavy atom. The Labute approximate surface area is 146 Å². The molecule has 7 heteroatoms. The third kappa shape index (κ3) is 4.14. The number of hydrogen-bond donors (Lipinski definition) is 0. The third-order valence-electron chi connectivity index (χ3n) is 4.15. The minimum Gasteiger partial charge on any atom is -0.342 e. The quantitative estimate of drug-likeness (QED) is 0.797. The van der Waals surface area contributed by atoms with Crippen LogP contribution < -0.4 is 0 Å². The van der Waals surface area contributed by atoms with Crippen molar-refractivity contribution >= 4 is 17.7 Å². The monoisotopic (exact) mass is 345 g/mol. The highest BCUT2D eigenvalue weighted by Gasteiger charge is 2.16. The largest absolute Gasteiger partial charge is 0.342 e. The maximum atomic E-state index is 12.3. The van der Waals surface area contributed by atoms with E-state index in [9.17, 15) is 4.79 Å². The Balaban J connectivity index is 1.58. The van der Waals surface area contributed by atoms with Crippen molar-refractivity contribution in [3.63, 3.8) is 0 Å². The van der Waals surface area contributed by atoms with Gasteiger partial charge in [0.2, 0.25) is 5.91 Å². The number of amides is 1. The van der Waals surface area contributed by atoms with Crippen molar-refractivity contribution in [2.24, 2.45) is 0 Å². The molecule has 0 saturated carbocycles. The third-order valence-corrected chi connectivity index (χ3v) is 5.06. The summed E-state index contributed by atoms with van der Waals surface area (Å²) in [7, 11) is 0. The number of aryl methyl sites for hydroxylation is 2. The first-order chi connectivity index (χ1) is 11.6. The summed E-state index contributed by atoms with van der Waals surface area (Å²) in [5, 5.41) is 13.6. The van der Waals surface area contributed by atoms with E-state index in [1.165, 1.54) is 24.6 Å². The van der Waals surface area contributed by atoms with E-state index in [4.69, 9.17) is 0 Å². The van der Waals surface area contributed by atoms with Crippen LogP contribution in [0.25, 0.3) is 5.82 Å². The summed E-state index contributed by atoms with van der Waals surface area (Å²) in [6.45, 7) is 5.73. The van der Waals surface area contributed by atoms with Gasteiger partial charge in [-0.1, -0.05) is 24.6 Å². The number of carbonyl (C=O) groups excluding carboxylic acids is 1. The maximum Gasteiger partial charge on any atom is 0.232 e. The molecule has 2 aromatic rings. The van der Waals surface area contributed by atoms with Crippen LogP contribution in [0.2, 0.25) is 0 Å². The molecule has 0 unspecified atom stereocenters. The van der Waals surface area contributed by atoms with Crippen molar-refractivity contribution < 1.29 is 4.79 Å². The molecule has 0 spiro atoms. The number of aromatic nitrogens is 4. The molecule has 0 bridgehead atoms. The van der Waals surface area contributed by atoms with Crippen molar-refractivity contribution in [1.82, 2.24) is 24.9 Å². The lowest BCUT2D eigenvalue weighted by Crippen LogP contribution is -2.33. The van der Waals surface area contributed by atoms with Gasteiger partial charge < -0.3 is 4.90 Å². The molecule has 0 aromatic carbocycles. The smallest absolute Gasteiger partial charge is 0.232 e. The molecule has 0 atom stereocenters. The minimum absolute atomic E-state index is 0.200. The van der Waals surface area contributed by atoms with Crippen LogP contribution in [0.4, 0.5) is 0 Å². The summed E-state index contributed by atoms with van der Waals surface area (Å²) >= 11 is 1.45. The zero-order valence-electron chi connectivity index (χ0n) is 14.2. The first kappa shape index (κ1) is 17.0. The predicted molar refractivity (Wildman–Crippen MR) is 94.4 cm³/mol. The van der Waals surface area contributed by atoms with Gasteiger partial charge in [0.25, 0.3) is 0 Å². The number of nitrogens with zero attached hydrogens (tertiary/aromatic N) is 5. The highest BCUT2D eigenvalue weighted by molar-refractivity contribution is 7.99. The molecule has 3 rings (SSSR count). The second kappa shape index (κ2) is 7.79. The fourth-order valence-corrected chi connectivity index (χ4v) is 3.63. The summed E-state index contributed by atoms with van der Waals surface area (Å²) in [5.74, 6) is 1.32. The van der Waals surface area contributed by atoms with Crippen LogP contribution in [0, 0.1) is 13.8 Å². The number of rotatable bonds is 4. The van der Waals surface area contributed by atoms with Gasteiger partial charge >= 0.3 is 0 Å². The van der Waals surface area contributed by atoms with Crippen molar-refractivity contribution in [2.75, 3.05) is 18.8 Å². The van der Waals surface area contributed by atoms with Gasteiger partial charge in [-0.15, -0.1) is 10.2 Å². The van der Waals surface area contributed by atoms with E-state index in [1.807, 2.05) is 36.9 Å². The molecule has 1 amide bonds. The molecule has 0 aliphatic carbocycles. The van der Waals surface area contributed by atoms with Gasteiger partial charge in [0, 0.05) is 18.8 Å². The van der Waals surface area contributed by atoms with Crippen molar-refractivity contribution in [3.05, 3.63) is 29.6 Å². The molecule has 24 heavy (non-hydrogen) atoms. The second-order valence-electron chi connectivity index (χ2n) is 6.15. The first-order valence-corrected chi connectivity index (χ1v) is 9.40. The average molecular weight is 345 g/mol. The molecule has 3 heterocycles. The van der Waals surface area contributed by atoms with Crippen molar-refractivity contribution in [1.29, 1.82) is 0 Å². The highest BCUT2D eigenvalue weighted by atomic mass is 32.2. The molecular formula is C17H23N5OS. The highest BCUT2D eigenvalue weighted by Crippen LogP contribution is 2.18. The van der Waals surface area contributed by atoms with Gasteiger partial charge in [0.05, 0.1) is 11.4 Å². The van der Waals surface area contributed by atoms with Crippen LogP contribution in [-0.2, 0) is 4.79 Å². The average Bonchev–Trinajstić information content (AvgIpc) is 2.80. The molecule has 6 nitrogen and oxygen atoms in total. The number of carbonyl (C=O) groups is 1. The van der Waals surface area contributed by atoms with Gasteiger partial charge in [-0.05, 0) is 44.9 Å². The van der Waals surface area contributed by atoms with E-state index in [0.29, 0.717) is 11.6 Å². The Kier molecular flexibility index (Phi) is 5.50. The summed E-state index contributed by atoms with van der Waals surface area (Å²) in [6, 6.07) is 5.80. The van der Waals surface area contributed by atoms with Crippen molar-refractivity contribution in [2.45, 2.75) is 44.6 Å². The Morgan fingerprint density at radius 1 is 1.12 bits per heavy atom. The van der Waals surface area contributed by atoms with Crippen LogP contribution in [0.5, 0.6) is 0 Å². The molecule has 1 aliphatic rings. The molecule has 0 radical (unpaired) electrons. The molecular weight excluding hydrogens is 322 g/mol. The van der Waals surface area contributed by atoms with E-state index in [0.717, 1.165) is 42.3 Å². The minimum atomic E-state index is 0.200. The van der Waals surface area contributed by atoms with Crippen LogP contribution in [0.3, 0.4) is 0 Å². The van der Waals surface area contributed by atoms with E-state index >= 15 is 0 Å².